The molecule has 0 spiro atoms. The van der Waals surface area contributed by atoms with Gasteiger partial charge in [0.25, 0.3) is 11.2 Å². The first-order valence-corrected chi connectivity index (χ1v) is 6.13. The molecule has 0 radical (unpaired) electrons. The Kier molecular flexibility index (Phi) is 4.02. The van der Waals surface area contributed by atoms with Gasteiger partial charge in [-0.25, -0.2) is 0 Å². The number of nitrogens with zero attached hydrogens (tertiary/aromatic N) is 1. The highest BCUT2D eigenvalue weighted by Crippen LogP contribution is 2.49. The van der Waals surface area contributed by atoms with Gasteiger partial charge in [0.1, 0.15) is 0 Å². The topological polar surface area (TPSA) is 42.2 Å². The molecule has 1 aromatic carbocycles. The number of rotatable bonds is 2. The van der Waals surface area contributed by atoms with Crippen LogP contribution in [0.4, 0.5) is 26.3 Å². The van der Waals surface area contributed by atoms with E-state index in [4.69, 9.17) is 0 Å². The molecular weight excluding hydrogens is 328 g/mol. The van der Waals surface area contributed by atoms with E-state index in [2.05, 4.69) is 0 Å². The third kappa shape index (κ3) is 2.83. The summed E-state index contributed by atoms with van der Waals surface area (Å²) in [6.45, 7) is 0. The maximum atomic E-state index is 12.7. The molecule has 9 heteroatoms. The lowest BCUT2D eigenvalue weighted by Gasteiger charge is -2.32. The van der Waals surface area contributed by atoms with Crippen molar-refractivity contribution in [3.05, 3.63) is 64.6 Å². The van der Waals surface area contributed by atoms with Crippen LogP contribution in [0.1, 0.15) is 5.56 Å². The maximum Gasteiger partial charge on any atom is 0.430 e. The Morgan fingerprint density at radius 1 is 0.826 bits per heavy atom. The molecule has 3 nitrogen and oxygen atoms in total. The van der Waals surface area contributed by atoms with Crippen molar-refractivity contribution in [1.82, 2.24) is 4.57 Å². The van der Waals surface area contributed by atoms with Gasteiger partial charge in [0.2, 0.25) is 0 Å². The predicted octanol–water partition coefficient (Wildman–Crippen LogP) is 3.15. The molecule has 0 saturated carbocycles. The van der Waals surface area contributed by atoms with Crippen LogP contribution >= 0.6 is 0 Å². The van der Waals surface area contributed by atoms with E-state index in [-0.39, 0.29) is 5.69 Å². The van der Waals surface area contributed by atoms with Crippen LogP contribution in [0.15, 0.2) is 53.5 Å². The Bertz CT molecular complexity index is 731. The van der Waals surface area contributed by atoms with Crippen LogP contribution in [0.25, 0.3) is 5.69 Å². The third-order valence-electron chi connectivity index (χ3n) is 3.21. The first kappa shape index (κ1) is 17.1. The summed E-state index contributed by atoms with van der Waals surface area (Å²) in [6, 6.07) is 6.82. The number of halogens is 6. The maximum absolute atomic E-state index is 12.7. The summed E-state index contributed by atoms with van der Waals surface area (Å²) in [5.41, 5.74) is -6.82. The lowest BCUT2D eigenvalue weighted by molar-refractivity contribution is -0.376. The molecule has 0 fully saturated rings. The molecule has 2 aromatic rings. The van der Waals surface area contributed by atoms with Crippen LogP contribution in [0, 0.1) is 0 Å². The van der Waals surface area contributed by atoms with E-state index < -0.39 is 29.1 Å². The van der Waals surface area contributed by atoms with Gasteiger partial charge in [-0.2, -0.15) is 26.3 Å². The summed E-state index contributed by atoms with van der Waals surface area (Å²) in [6.07, 6.45) is -10.6. The van der Waals surface area contributed by atoms with Crippen LogP contribution in [-0.4, -0.2) is 22.0 Å². The number of hydrogen-bond acceptors (Lipinski definition) is 2. The van der Waals surface area contributed by atoms with E-state index in [0.717, 1.165) is 16.7 Å². The largest absolute Gasteiger partial charge is 0.430 e. The molecule has 0 bridgehead atoms. The molecule has 2 rings (SSSR count). The predicted molar refractivity (Wildman–Crippen MR) is 68.0 cm³/mol. The highest BCUT2D eigenvalue weighted by atomic mass is 19.4. The second kappa shape index (κ2) is 5.41. The van der Waals surface area contributed by atoms with Crippen LogP contribution in [0.5, 0.6) is 0 Å². The molecule has 0 atom stereocenters. The fourth-order valence-corrected chi connectivity index (χ4v) is 1.99. The summed E-state index contributed by atoms with van der Waals surface area (Å²) in [4.78, 5) is 11.6. The second-order valence-corrected chi connectivity index (χ2v) is 4.66. The lowest BCUT2D eigenvalue weighted by Crippen LogP contribution is -2.53. The first-order chi connectivity index (χ1) is 10.5. The summed E-state index contributed by atoms with van der Waals surface area (Å²) in [7, 11) is 0. The number of benzene rings is 1. The average molecular weight is 337 g/mol. The van der Waals surface area contributed by atoms with Crippen molar-refractivity contribution in [3.63, 3.8) is 0 Å². The highest BCUT2D eigenvalue weighted by Gasteiger charge is 2.71. The van der Waals surface area contributed by atoms with Gasteiger partial charge in [0.05, 0.1) is 0 Å². The standard InChI is InChI=1S/C14H9F6NO2/c15-13(16,17)12(23,14(18,19)20)9-4-6-10(7-5-9)21-8-2-1-3-11(21)22/h1-8,23H. The van der Waals surface area contributed by atoms with E-state index >= 15 is 0 Å². The van der Waals surface area contributed by atoms with E-state index in [1.165, 1.54) is 24.4 Å². The molecule has 0 aliphatic heterocycles. The molecule has 23 heavy (non-hydrogen) atoms. The Morgan fingerprint density at radius 3 is 1.78 bits per heavy atom. The van der Waals surface area contributed by atoms with Crippen LogP contribution in [0.3, 0.4) is 0 Å². The zero-order valence-electron chi connectivity index (χ0n) is 11.2. The zero-order chi connectivity index (χ0) is 17.5. The molecule has 0 unspecified atom stereocenters. The Labute approximate surface area is 125 Å². The molecule has 1 N–H and O–H groups in total. The summed E-state index contributed by atoms with van der Waals surface area (Å²) < 4.78 is 77.5. The van der Waals surface area contributed by atoms with Gasteiger partial charge in [-0.1, -0.05) is 18.2 Å². The van der Waals surface area contributed by atoms with Crippen molar-refractivity contribution in [2.45, 2.75) is 18.0 Å². The molecule has 0 saturated heterocycles. The molecule has 0 aliphatic rings. The molecule has 1 heterocycles. The number of alkyl halides is 6. The van der Waals surface area contributed by atoms with E-state index in [1.54, 1.807) is 0 Å². The van der Waals surface area contributed by atoms with Crippen molar-refractivity contribution in [2.24, 2.45) is 0 Å². The van der Waals surface area contributed by atoms with Crippen molar-refractivity contribution in [3.8, 4) is 5.69 Å². The molecule has 0 amide bonds. The molecule has 1 aromatic heterocycles. The van der Waals surface area contributed by atoms with Crippen LogP contribution in [-0.2, 0) is 5.60 Å². The smallest absolute Gasteiger partial charge is 0.369 e. The lowest BCUT2D eigenvalue weighted by atomic mass is 9.92. The minimum atomic E-state index is -5.95. The number of pyridine rings is 1. The molecule has 0 aliphatic carbocycles. The van der Waals surface area contributed by atoms with Gasteiger partial charge in [-0.3, -0.25) is 9.36 Å². The van der Waals surface area contributed by atoms with Gasteiger partial charge in [0.15, 0.2) is 0 Å². The van der Waals surface area contributed by atoms with Crippen molar-refractivity contribution >= 4 is 0 Å². The second-order valence-electron chi connectivity index (χ2n) is 4.66. The number of hydrogen-bond donors (Lipinski definition) is 1. The van der Waals surface area contributed by atoms with Gasteiger partial charge in [-0.05, 0) is 18.2 Å². The molecular formula is C14H9F6NO2. The van der Waals surface area contributed by atoms with Crippen LogP contribution < -0.4 is 5.56 Å². The van der Waals surface area contributed by atoms with Crippen molar-refractivity contribution in [1.29, 1.82) is 0 Å². The molecule has 124 valence electrons. The van der Waals surface area contributed by atoms with E-state index in [0.29, 0.717) is 12.1 Å². The summed E-state index contributed by atoms with van der Waals surface area (Å²) >= 11 is 0. The highest BCUT2D eigenvalue weighted by molar-refractivity contribution is 5.38. The Balaban J connectivity index is 2.54. The third-order valence-corrected chi connectivity index (χ3v) is 3.21. The van der Waals surface area contributed by atoms with Crippen LogP contribution in [0.2, 0.25) is 0 Å². The Morgan fingerprint density at radius 2 is 1.35 bits per heavy atom. The summed E-state index contributed by atoms with van der Waals surface area (Å²) in [5, 5.41) is 9.25. The van der Waals surface area contributed by atoms with Gasteiger partial charge >= 0.3 is 12.4 Å². The van der Waals surface area contributed by atoms with Crippen molar-refractivity contribution < 1.29 is 31.4 Å². The quantitative estimate of drug-likeness (QED) is 0.856. The first-order valence-electron chi connectivity index (χ1n) is 6.13. The minimum Gasteiger partial charge on any atom is -0.369 e. The minimum absolute atomic E-state index is 0.0612. The normalized spacial score (nSPS) is 13.2. The van der Waals surface area contributed by atoms with Gasteiger partial charge in [-0.15, -0.1) is 0 Å². The average Bonchev–Trinajstić information content (AvgIpc) is 2.45. The SMILES string of the molecule is O=c1ccccn1-c1ccc(C(O)(C(F)(F)F)C(F)(F)F)cc1. The fraction of sp³-hybridized carbons (Fsp3) is 0.214. The van der Waals surface area contributed by atoms with E-state index in [1.807, 2.05) is 0 Å². The Hall–Kier alpha value is -2.29. The number of aliphatic hydroxyl groups is 1. The number of aromatic nitrogens is 1. The van der Waals surface area contributed by atoms with Crippen molar-refractivity contribution in [2.75, 3.05) is 0 Å². The van der Waals surface area contributed by atoms with Gasteiger partial charge < -0.3 is 5.11 Å². The zero-order valence-corrected chi connectivity index (χ0v) is 11.2. The monoisotopic (exact) mass is 337 g/mol. The summed E-state index contributed by atoms with van der Waals surface area (Å²) in [5.74, 6) is 0. The van der Waals surface area contributed by atoms with E-state index in [9.17, 15) is 36.2 Å². The van der Waals surface area contributed by atoms with Gasteiger partial charge in [0, 0.05) is 23.5 Å². The fourth-order valence-electron chi connectivity index (χ4n) is 1.99.